The van der Waals surface area contributed by atoms with Crippen molar-refractivity contribution in [1.82, 2.24) is 19.6 Å². The van der Waals surface area contributed by atoms with Crippen molar-refractivity contribution in [1.29, 1.82) is 0 Å². The third kappa shape index (κ3) is 4.28. The summed E-state index contributed by atoms with van der Waals surface area (Å²) in [6.07, 6.45) is 4.96. The van der Waals surface area contributed by atoms with Crippen LogP contribution in [-0.4, -0.2) is 61.2 Å². The van der Waals surface area contributed by atoms with Gasteiger partial charge in [0.15, 0.2) is 4.96 Å². The number of imidazole rings is 1. The van der Waals surface area contributed by atoms with Crippen LogP contribution in [0.15, 0.2) is 17.8 Å². The zero-order valence-corrected chi connectivity index (χ0v) is 12.4. The summed E-state index contributed by atoms with van der Waals surface area (Å²) >= 11 is 1.71. The molecule has 0 aromatic carbocycles. The molecule has 0 spiro atoms. The summed E-state index contributed by atoms with van der Waals surface area (Å²) in [4.78, 5) is 7.72. The molecule has 0 radical (unpaired) electrons. The van der Waals surface area contributed by atoms with Gasteiger partial charge in [0.1, 0.15) is 0 Å². The second-order valence-corrected chi connectivity index (χ2v) is 5.44. The second-order valence-electron chi connectivity index (χ2n) is 4.60. The Kier molecular flexibility index (Phi) is 5.78. The van der Waals surface area contributed by atoms with E-state index in [2.05, 4.69) is 32.0 Å². The first-order valence-corrected chi connectivity index (χ1v) is 7.47. The Morgan fingerprint density at radius 1 is 1.42 bits per heavy atom. The summed E-state index contributed by atoms with van der Waals surface area (Å²) in [5, 5.41) is 5.56. The molecule has 19 heavy (non-hydrogen) atoms. The standard InChI is InChI=1S/C13H22N4OS/c1-16(8-4-14-6-10-18-2)7-3-12-11-19-13-15-5-9-17(12)13/h5,9,11,14H,3-4,6-8,10H2,1-2H3. The van der Waals surface area contributed by atoms with Crippen molar-refractivity contribution in [2.45, 2.75) is 6.42 Å². The van der Waals surface area contributed by atoms with E-state index in [1.807, 2.05) is 12.4 Å². The van der Waals surface area contributed by atoms with Gasteiger partial charge in [-0.25, -0.2) is 4.98 Å². The van der Waals surface area contributed by atoms with Crippen molar-refractivity contribution < 1.29 is 4.74 Å². The number of likely N-dealkylation sites (N-methyl/N-ethyl adjacent to an activating group) is 1. The van der Waals surface area contributed by atoms with E-state index in [-0.39, 0.29) is 0 Å². The Bertz CT molecular complexity index is 482. The topological polar surface area (TPSA) is 41.8 Å². The average Bonchev–Trinajstić information content (AvgIpc) is 2.99. The van der Waals surface area contributed by atoms with Gasteiger partial charge in [-0.1, -0.05) is 0 Å². The molecule has 0 atom stereocenters. The maximum absolute atomic E-state index is 4.99. The number of hydrogen-bond donors (Lipinski definition) is 1. The lowest BCUT2D eigenvalue weighted by molar-refractivity contribution is 0.198. The lowest BCUT2D eigenvalue weighted by Gasteiger charge is -2.16. The highest BCUT2D eigenvalue weighted by molar-refractivity contribution is 7.15. The van der Waals surface area contributed by atoms with Crippen LogP contribution in [0.2, 0.25) is 0 Å². The number of rotatable bonds is 9. The molecule has 0 aliphatic rings. The molecular weight excluding hydrogens is 260 g/mol. The van der Waals surface area contributed by atoms with E-state index in [0.29, 0.717) is 0 Å². The molecule has 2 aromatic heterocycles. The number of ether oxygens (including phenoxy) is 1. The average molecular weight is 282 g/mol. The van der Waals surface area contributed by atoms with Crippen LogP contribution in [0.1, 0.15) is 5.69 Å². The lowest BCUT2D eigenvalue weighted by atomic mass is 10.3. The zero-order chi connectivity index (χ0) is 13.5. The van der Waals surface area contributed by atoms with E-state index in [4.69, 9.17) is 4.74 Å². The largest absolute Gasteiger partial charge is 0.383 e. The fourth-order valence-electron chi connectivity index (χ4n) is 1.94. The van der Waals surface area contributed by atoms with Crippen LogP contribution in [-0.2, 0) is 11.2 Å². The Morgan fingerprint density at radius 3 is 3.16 bits per heavy atom. The predicted molar refractivity (Wildman–Crippen MR) is 79.0 cm³/mol. The molecule has 6 heteroatoms. The van der Waals surface area contributed by atoms with Gasteiger partial charge in [0.2, 0.25) is 0 Å². The van der Waals surface area contributed by atoms with Crippen LogP contribution in [0.25, 0.3) is 4.96 Å². The molecule has 0 saturated carbocycles. The van der Waals surface area contributed by atoms with E-state index in [0.717, 1.165) is 44.2 Å². The monoisotopic (exact) mass is 282 g/mol. The van der Waals surface area contributed by atoms with E-state index in [1.54, 1.807) is 18.4 Å². The molecule has 0 saturated heterocycles. The summed E-state index contributed by atoms with van der Waals surface area (Å²) in [5.74, 6) is 0. The minimum Gasteiger partial charge on any atom is -0.383 e. The number of aromatic nitrogens is 2. The molecule has 0 unspecified atom stereocenters. The molecule has 2 aromatic rings. The second kappa shape index (κ2) is 7.59. The Balaban J connectivity index is 1.66. The molecule has 0 aliphatic heterocycles. The summed E-state index contributed by atoms with van der Waals surface area (Å²) in [5.41, 5.74) is 1.34. The molecule has 5 nitrogen and oxygen atoms in total. The Morgan fingerprint density at radius 2 is 2.32 bits per heavy atom. The third-order valence-corrected chi connectivity index (χ3v) is 4.02. The Labute approximate surface area is 118 Å². The van der Waals surface area contributed by atoms with Crippen LogP contribution < -0.4 is 5.32 Å². The molecule has 0 fully saturated rings. The van der Waals surface area contributed by atoms with Crippen LogP contribution in [0.3, 0.4) is 0 Å². The minimum atomic E-state index is 0.775. The minimum absolute atomic E-state index is 0.775. The SMILES string of the molecule is COCCNCCN(C)CCc1csc2nccn12. The Hall–Kier alpha value is -0.950. The first kappa shape index (κ1) is 14.5. The first-order chi connectivity index (χ1) is 9.31. The highest BCUT2D eigenvalue weighted by Gasteiger charge is 2.05. The number of hydrogen-bond acceptors (Lipinski definition) is 5. The van der Waals surface area contributed by atoms with Crippen molar-refractivity contribution in [3.8, 4) is 0 Å². The van der Waals surface area contributed by atoms with Gasteiger partial charge in [-0.2, -0.15) is 0 Å². The molecule has 106 valence electrons. The molecule has 0 aliphatic carbocycles. The summed E-state index contributed by atoms with van der Waals surface area (Å²) in [7, 11) is 3.89. The highest BCUT2D eigenvalue weighted by atomic mass is 32.1. The van der Waals surface area contributed by atoms with E-state index < -0.39 is 0 Å². The van der Waals surface area contributed by atoms with Crippen molar-refractivity contribution in [3.63, 3.8) is 0 Å². The number of fused-ring (bicyclic) bond motifs is 1. The number of thiazole rings is 1. The van der Waals surface area contributed by atoms with Crippen molar-refractivity contribution >= 4 is 16.3 Å². The normalized spacial score (nSPS) is 11.7. The number of nitrogens with one attached hydrogen (secondary N) is 1. The van der Waals surface area contributed by atoms with Gasteiger partial charge in [-0.3, -0.25) is 4.40 Å². The zero-order valence-electron chi connectivity index (χ0n) is 11.6. The van der Waals surface area contributed by atoms with Gasteiger partial charge < -0.3 is 15.0 Å². The van der Waals surface area contributed by atoms with Gasteiger partial charge >= 0.3 is 0 Å². The van der Waals surface area contributed by atoms with Crippen LogP contribution in [0, 0.1) is 0 Å². The smallest absolute Gasteiger partial charge is 0.193 e. The number of methoxy groups -OCH3 is 1. The molecular formula is C13H22N4OS. The fourth-order valence-corrected chi connectivity index (χ4v) is 2.83. The van der Waals surface area contributed by atoms with E-state index in [9.17, 15) is 0 Å². The molecule has 0 bridgehead atoms. The van der Waals surface area contributed by atoms with Gasteiger partial charge in [-0.05, 0) is 7.05 Å². The van der Waals surface area contributed by atoms with Gasteiger partial charge in [0, 0.05) is 63.2 Å². The summed E-state index contributed by atoms with van der Waals surface area (Å²) in [6.45, 7) is 4.82. The quantitative estimate of drug-likeness (QED) is 0.700. The highest BCUT2D eigenvalue weighted by Crippen LogP contribution is 2.14. The van der Waals surface area contributed by atoms with Gasteiger partial charge in [0.25, 0.3) is 0 Å². The first-order valence-electron chi connectivity index (χ1n) is 6.59. The van der Waals surface area contributed by atoms with Crippen molar-refractivity contribution in [3.05, 3.63) is 23.5 Å². The molecule has 0 amide bonds. The fraction of sp³-hybridized carbons (Fsp3) is 0.615. The van der Waals surface area contributed by atoms with Gasteiger partial charge in [-0.15, -0.1) is 11.3 Å². The maximum atomic E-state index is 4.99. The predicted octanol–water partition coefficient (Wildman–Crippen LogP) is 1.11. The van der Waals surface area contributed by atoms with Crippen LogP contribution in [0.5, 0.6) is 0 Å². The summed E-state index contributed by atoms with van der Waals surface area (Å²) < 4.78 is 7.17. The third-order valence-electron chi connectivity index (χ3n) is 3.12. The van der Waals surface area contributed by atoms with Crippen molar-refractivity contribution in [2.24, 2.45) is 0 Å². The molecule has 2 rings (SSSR count). The lowest BCUT2D eigenvalue weighted by Crippen LogP contribution is -2.32. The number of nitrogens with zero attached hydrogens (tertiary/aromatic N) is 3. The molecule has 1 N–H and O–H groups in total. The summed E-state index contributed by atoms with van der Waals surface area (Å²) in [6, 6.07) is 0. The van der Waals surface area contributed by atoms with Crippen LogP contribution in [0.4, 0.5) is 0 Å². The molecule has 2 heterocycles. The van der Waals surface area contributed by atoms with E-state index in [1.165, 1.54) is 5.69 Å². The van der Waals surface area contributed by atoms with E-state index >= 15 is 0 Å². The maximum Gasteiger partial charge on any atom is 0.193 e. The van der Waals surface area contributed by atoms with Crippen LogP contribution >= 0.6 is 11.3 Å². The van der Waals surface area contributed by atoms with Gasteiger partial charge in [0.05, 0.1) is 6.61 Å². The van der Waals surface area contributed by atoms with Crippen molar-refractivity contribution in [2.75, 3.05) is 46.9 Å².